The van der Waals surface area contributed by atoms with Gasteiger partial charge in [0.25, 0.3) is 0 Å². The van der Waals surface area contributed by atoms with Gasteiger partial charge < -0.3 is 0 Å². The minimum absolute atomic E-state index is 0.0744. The molecule has 0 radical (unpaired) electrons. The summed E-state index contributed by atoms with van der Waals surface area (Å²) in [5, 5.41) is 2.34. The molecule has 5 heteroatoms. The second-order valence-electron chi connectivity index (χ2n) is 30.6. The first kappa shape index (κ1) is 62.5. The van der Waals surface area contributed by atoms with Gasteiger partial charge in [0.05, 0.1) is 16.8 Å². The molecule has 0 amide bonds. The van der Waals surface area contributed by atoms with Crippen LogP contribution >= 0.6 is 0 Å². The van der Waals surface area contributed by atoms with Crippen LogP contribution in [0.4, 0.5) is 0 Å². The molecule has 1 atom stereocenters. The van der Waals surface area contributed by atoms with Crippen molar-refractivity contribution >= 4 is 16.3 Å². The second-order valence-corrected chi connectivity index (χ2v) is 30.6. The minimum Gasteiger partial charge on any atom is -0.228 e. The van der Waals surface area contributed by atoms with Crippen molar-refractivity contribution in [2.45, 2.75) is 56.3 Å². The number of hydrogen-bond donors (Lipinski definition) is 0. The largest absolute Gasteiger partial charge is 0.228 e. The number of allylic oxidation sites excluding steroid dienone is 4. The Morgan fingerprint density at radius 2 is 0.636 bits per heavy atom. The molecule has 2 heterocycles. The Morgan fingerprint density at radius 3 is 1.25 bits per heavy atom. The van der Waals surface area contributed by atoms with E-state index in [1.165, 1.54) is 122 Å². The molecule has 5 aliphatic carbocycles. The van der Waals surface area contributed by atoms with E-state index in [0.717, 1.165) is 67.7 Å². The number of hydrogen-bond acceptors (Lipinski definition) is 5. The van der Waals surface area contributed by atoms with E-state index in [4.69, 9.17) is 24.9 Å². The molecule has 2 aromatic heterocycles. The summed E-state index contributed by atoms with van der Waals surface area (Å²) >= 11 is 0. The van der Waals surface area contributed by atoms with Crippen LogP contribution in [0.1, 0.15) is 90.1 Å². The van der Waals surface area contributed by atoms with Gasteiger partial charge in [0.1, 0.15) is 0 Å². The lowest BCUT2D eigenvalue weighted by molar-refractivity contribution is 0.648. The average molecular weight is 1370 g/mol. The topological polar surface area (TPSA) is 64.5 Å². The van der Waals surface area contributed by atoms with E-state index in [2.05, 4.69) is 349 Å². The first-order valence-electron chi connectivity index (χ1n) is 37.4. The van der Waals surface area contributed by atoms with E-state index in [1.807, 2.05) is 18.2 Å². The van der Waals surface area contributed by atoms with Crippen LogP contribution in [0, 0.1) is 0 Å². The smallest absolute Gasteiger partial charge is 0.164 e. The van der Waals surface area contributed by atoms with E-state index >= 15 is 0 Å². The van der Waals surface area contributed by atoms with Crippen LogP contribution in [0.3, 0.4) is 0 Å². The SMILES string of the molecule is CC1(C)C2=CC(c3ccc(-c4nc(-c5ccccc5)nc(-c5ccc(-c6ccc7c(c6)C(C)(C)c6ccccc6-7)cc5)n4)cc3)CC=C2c2ccc(-c3ccc4c(c3)C3(c5ccccc5-c5ccccc53)c3cc(-c5cc(-c6ccc(-c7ccccc7)cc6)nc(-c6ccc7ccccc7c6)n5)ccc3-4)cc21. The Balaban J connectivity index is 0.602. The molecule has 5 nitrogen and oxygen atoms in total. The van der Waals surface area contributed by atoms with E-state index in [0.29, 0.717) is 23.3 Å². The third kappa shape index (κ3) is 9.87. The van der Waals surface area contributed by atoms with Crippen molar-refractivity contribution in [2.75, 3.05) is 0 Å². The van der Waals surface area contributed by atoms with Crippen molar-refractivity contribution < 1.29 is 0 Å². The number of benzene rings is 14. The molecule has 5 aliphatic rings. The van der Waals surface area contributed by atoms with Crippen LogP contribution in [-0.4, -0.2) is 24.9 Å². The molecule has 14 aromatic carbocycles. The fourth-order valence-electron chi connectivity index (χ4n) is 18.4. The summed E-state index contributed by atoms with van der Waals surface area (Å²) in [6.07, 6.45) is 5.96. The summed E-state index contributed by atoms with van der Waals surface area (Å²) in [4.78, 5) is 26.4. The third-order valence-corrected chi connectivity index (χ3v) is 24.0. The Bertz CT molecular complexity index is 6390. The lowest BCUT2D eigenvalue weighted by atomic mass is 9.70. The van der Waals surface area contributed by atoms with E-state index in [9.17, 15) is 0 Å². The van der Waals surface area contributed by atoms with Gasteiger partial charge in [0.15, 0.2) is 23.3 Å². The predicted octanol–water partition coefficient (Wildman–Crippen LogP) is 25.3. The zero-order chi connectivity index (χ0) is 71.3. The van der Waals surface area contributed by atoms with Gasteiger partial charge >= 0.3 is 0 Å². The van der Waals surface area contributed by atoms with Crippen molar-refractivity contribution in [1.29, 1.82) is 0 Å². The predicted molar refractivity (Wildman–Crippen MR) is 439 cm³/mol. The highest BCUT2D eigenvalue weighted by Gasteiger charge is 2.52. The van der Waals surface area contributed by atoms with E-state index < -0.39 is 5.41 Å². The zero-order valence-corrected chi connectivity index (χ0v) is 59.9. The van der Waals surface area contributed by atoms with Gasteiger partial charge in [0, 0.05) is 50.1 Å². The van der Waals surface area contributed by atoms with Crippen LogP contribution < -0.4 is 0 Å². The van der Waals surface area contributed by atoms with Crippen LogP contribution in [0.15, 0.2) is 345 Å². The van der Waals surface area contributed by atoms with E-state index in [-0.39, 0.29) is 16.7 Å². The summed E-state index contributed by atoms with van der Waals surface area (Å²) in [7, 11) is 0. The summed E-state index contributed by atoms with van der Waals surface area (Å²) in [6.45, 7) is 9.51. The lowest BCUT2D eigenvalue weighted by Gasteiger charge is -2.31. The van der Waals surface area contributed by atoms with E-state index in [1.54, 1.807) is 0 Å². The van der Waals surface area contributed by atoms with Crippen molar-refractivity contribution in [2.24, 2.45) is 0 Å². The molecule has 107 heavy (non-hydrogen) atoms. The molecule has 504 valence electrons. The summed E-state index contributed by atoms with van der Waals surface area (Å²) in [5.41, 5.74) is 36.1. The fraction of sp³-hybridized carbons (Fsp3) is 0.0882. The van der Waals surface area contributed by atoms with Crippen LogP contribution in [0.2, 0.25) is 0 Å². The fourth-order valence-corrected chi connectivity index (χ4v) is 18.4. The van der Waals surface area contributed by atoms with Crippen molar-refractivity contribution in [3.8, 4) is 135 Å². The summed E-state index contributed by atoms with van der Waals surface area (Å²) in [5.74, 6) is 2.83. The monoisotopic (exact) mass is 1370 g/mol. The van der Waals surface area contributed by atoms with Crippen LogP contribution in [0.25, 0.3) is 151 Å². The van der Waals surface area contributed by atoms with Crippen molar-refractivity contribution in [3.05, 3.63) is 395 Å². The number of nitrogens with zero attached hydrogens (tertiary/aromatic N) is 5. The molecule has 21 rings (SSSR count). The highest BCUT2D eigenvalue weighted by atomic mass is 15.0. The molecule has 0 aliphatic heterocycles. The summed E-state index contributed by atoms with van der Waals surface area (Å²) < 4.78 is 0. The highest BCUT2D eigenvalue weighted by molar-refractivity contribution is 5.98. The van der Waals surface area contributed by atoms with Crippen LogP contribution in [-0.2, 0) is 16.2 Å². The first-order valence-corrected chi connectivity index (χ1v) is 37.4. The highest BCUT2D eigenvalue weighted by Crippen LogP contribution is 2.64. The Morgan fingerprint density at radius 1 is 0.252 bits per heavy atom. The maximum absolute atomic E-state index is 5.52. The van der Waals surface area contributed by atoms with Crippen molar-refractivity contribution in [3.63, 3.8) is 0 Å². The molecule has 16 aromatic rings. The first-order chi connectivity index (χ1) is 52.5. The Kier molecular flexibility index (Phi) is 14.0. The van der Waals surface area contributed by atoms with Crippen molar-refractivity contribution in [1.82, 2.24) is 24.9 Å². The van der Waals surface area contributed by atoms with Gasteiger partial charge in [0.2, 0.25) is 0 Å². The van der Waals surface area contributed by atoms with Gasteiger partial charge in [-0.25, -0.2) is 24.9 Å². The van der Waals surface area contributed by atoms with Gasteiger partial charge in [-0.15, -0.1) is 0 Å². The Labute approximate surface area is 623 Å². The molecule has 0 saturated carbocycles. The molecule has 0 fully saturated rings. The third-order valence-electron chi connectivity index (χ3n) is 24.0. The maximum Gasteiger partial charge on any atom is 0.164 e. The summed E-state index contributed by atoms with van der Waals surface area (Å²) in [6, 6.07) is 120. The maximum atomic E-state index is 5.52. The van der Waals surface area contributed by atoms with Crippen LogP contribution in [0.5, 0.6) is 0 Å². The van der Waals surface area contributed by atoms with Gasteiger partial charge in [-0.3, -0.25) is 0 Å². The average Bonchev–Trinajstić information content (AvgIpc) is 1.53. The molecule has 0 bridgehead atoms. The number of aromatic nitrogens is 5. The minimum atomic E-state index is -0.606. The second kappa shape index (κ2) is 24.0. The zero-order valence-electron chi connectivity index (χ0n) is 59.9. The number of rotatable bonds is 10. The molecular weight excluding hydrogens is 1300 g/mol. The van der Waals surface area contributed by atoms with Gasteiger partial charge in [-0.2, -0.15) is 0 Å². The number of fused-ring (bicyclic) bond motifs is 17. The van der Waals surface area contributed by atoms with Gasteiger partial charge in [-0.05, 0) is 182 Å². The molecule has 1 spiro atoms. The quantitative estimate of drug-likeness (QED) is 0.137. The lowest BCUT2D eigenvalue weighted by Crippen LogP contribution is -2.26. The molecule has 1 unspecified atom stereocenters. The molecule has 0 saturated heterocycles. The van der Waals surface area contributed by atoms with Gasteiger partial charge in [-0.1, -0.05) is 331 Å². The Hall–Kier alpha value is -13.1. The normalized spacial score (nSPS) is 15.3. The standard InChI is InChI=1S/C102H71N5/c1-100(2)86-28-16-13-25-78(86)81-50-45-72(56-89(81)100)65-33-40-69(41-34-65)97-105-96(68-22-9-6-10-23-68)106-98(107-97)70-42-35-66(36-43-70)73-46-51-82-83-52-47-74(58-91(83)101(3,4)90(82)57-73)75-48-53-84-85-54-49-76(60-93(85)102(92(84)59-75)87-29-17-14-26-79(87)80-27-15-18-30-88(80)102)95-61-94(67-38-31-64(32-39-67)62-19-7-5-8-20-62)103-99(104-95)77-44-37-63-21-11-12-24-71(63)55-77/h5-45,47-61,73H,46H2,1-4H3. The molecular formula is C102H71N5. The molecule has 0 N–H and O–H groups in total.